The zero-order valence-electron chi connectivity index (χ0n) is 22.4. The van der Waals surface area contributed by atoms with Gasteiger partial charge in [0.15, 0.2) is 5.79 Å². The molecule has 4 rings (SSSR count). The maximum Gasteiger partial charge on any atom is 0.261 e. The van der Waals surface area contributed by atoms with Crippen molar-refractivity contribution in [2.45, 2.75) is 89.1 Å². The lowest BCUT2D eigenvalue weighted by atomic mass is 10.0. The Morgan fingerprint density at radius 2 is 1.58 bits per heavy atom. The lowest BCUT2D eigenvalue weighted by molar-refractivity contribution is -0.317. The lowest BCUT2D eigenvalue weighted by Gasteiger charge is -2.43. The Kier molecular flexibility index (Phi) is 8.55. The van der Waals surface area contributed by atoms with E-state index in [9.17, 15) is 5.11 Å². The Balaban J connectivity index is 1.48. The fourth-order valence-corrected chi connectivity index (χ4v) is 10.1. The minimum absolute atomic E-state index is 0.0640. The molecule has 0 bridgehead atoms. The van der Waals surface area contributed by atoms with E-state index in [0.717, 1.165) is 6.42 Å². The molecule has 0 spiro atoms. The second-order valence-electron chi connectivity index (χ2n) is 11.4. The molecule has 0 saturated carbocycles. The van der Waals surface area contributed by atoms with Gasteiger partial charge in [-0.05, 0) is 48.5 Å². The normalized spacial score (nSPS) is 27.5. The molecule has 2 aromatic carbocycles. The number of aliphatic hydroxyl groups excluding tert-OH is 1. The first kappa shape index (κ1) is 27.2. The van der Waals surface area contributed by atoms with Crippen LogP contribution in [-0.2, 0) is 18.6 Å². The van der Waals surface area contributed by atoms with E-state index < -0.39 is 20.2 Å². The van der Waals surface area contributed by atoms with Gasteiger partial charge in [-0.25, -0.2) is 0 Å². The highest BCUT2D eigenvalue weighted by Crippen LogP contribution is 2.37. The Morgan fingerprint density at radius 3 is 2.17 bits per heavy atom. The van der Waals surface area contributed by atoms with Gasteiger partial charge in [-0.2, -0.15) is 0 Å². The zero-order chi connectivity index (χ0) is 25.8. The van der Waals surface area contributed by atoms with Crippen LogP contribution in [0.5, 0.6) is 0 Å². The number of ether oxygens (including phenoxy) is 3. The van der Waals surface area contributed by atoms with E-state index in [4.69, 9.17) is 18.6 Å². The van der Waals surface area contributed by atoms with Crippen molar-refractivity contribution in [2.75, 3.05) is 13.2 Å². The minimum Gasteiger partial charge on any atom is -0.407 e. The maximum atomic E-state index is 10.8. The fourth-order valence-electron chi connectivity index (χ4n) is 5.48. The smallest absolute Gasteiger partial charge is 0.261 e. The molecular formula is C30H42O5Si. The highest BCUT2D eigenvalue weighted by Gasteiger charge is 2.50. The van der Waals surface area contributed by atoms with Gasteiger partial charge in [0.2, 0.25) is 0 Å². The number of hydrogen-bond acceptors (Lipinski definition) is 5. The second kappa shape index (κ2) is 11.3. The van der Waals surface area contributed by atoms with Crippen LogP contribution < -0.4 is 10.4 Å². The van der Waals surface area contributed by atoms with Gasteiger partial charge in [-0.15, -0.1) is 0 Å². The summed E-state index contributed by atoms with van der Waals surface area (Å²) in [5.74, 6) is -0.616. The van der Waals surface area contributed by atoms with Crippen LogP contribution in [0.15, 0.2) is 72.8 Å². The monoisotopic (exact) mass is 510 g/mol. The first-order valence-electron chi connectivity index (χ1n) is 13.2. The quantitative estimate of drug-likeness (QED) is 0.336. The van der Waals surface area contributed by atoms with Crippen molar-refractivity contribution in [3.63, 3.8) is 0 Å². The summed E-state index contributed by atoms with van der Waals surface area (Å²) in [5, 5.41) is 13.3. The Bertz CT molecular complexity index is 946. The summed E-state index contributed by atoms with van der Waals surface area (Å²) >= 11 is 0. The molecule has 2 aromatic rings. The Morgan fingerprint density at radius 1 is 0.972 bits per heavy atom. The first-order chi connectivity index (χ1) is 17.1. The molecule has 0 aromatic heterocycles. The average molecular weight is 511 g/mol. The summed E-state index contributed by atoms with van der Waals surface area (Å²) in [5.41, 5.74) is 0. The summed E-state index contributed by atoms with van der Waals surface area (Å²) in [7, 11) is -2.57. The SMILES string of the molecule is CC1(C)OC[C@@H]2O[C@H](CCCO[Si](c3ccccc3)(c3ccccc3)C(C)(C)C)[C@@H](O)/C=C\C[C@H]2O1. The third kappa shape index (κ3) is 6.01. The van der Waals surface area contributed by atoms with E-state index in [-0.39, 0.29) is 23.4 Å². The van der Waals surface area contributed by atoms with Crippen molar-refractivity contribution in [3.8, 4) is 0 Å². The molecule has 0 amide bonds. The number of rotatable bonds is 7. The number of hydrogen-bond donors (Lipinski definition) is 1. The van der Waals surface area contributed by atoms with Crippen molar-refractivity contribution < 1.29 is 23.7 Å². The highest BCUT2D eigenvalue weighted by atomic mass is 28.4. The van der Waals surface area contributed by atoms with E-state index in [1.807, 2.05) is 26.0 Å². The second-order valence-corrected chi connectivity index (χ2v) is 15.7. The first-order valence-corrected chi connectivity index (χ1v) is 15.1. The topological polar surface area (TPSA) is 57.2 Å². The fraction of sp³-hybridized carbons (Fsp3) is 0.533. The van der Waals surface area contributed by atoms with Gasteiger partial charge >= 0.3 is 0 Å². The van der Waals surface area contributed by atoms with E-state index in [0.29, 0.717) is 26.1 Å². The Labute approximate surface area is 217 Å². The van der Waals surface area contributed by atoms with Crippen LogP contribution in [0.3, 0.4) is 0 Å². The van der Waals surface area contributed by atoms with Gasteiger partial charge in [-0.3, -0.25) is 0 Å². The van der Waals surface area contributed by atoms with Crippen molar-refractivity contribution in [3.05, 3.63) is 72.8 Å². The van der Waals surface area contributed by atoms with Crippen LogP contribution in [0, 0.1) is 0 Å². The molecular weight excluding hydrogens is 468 g/mol. The summed E-state index contributed by atoms with van der Waals surface area (Å²) in [6, 6.07) is 21.4. The van der Waals surface area contributed by atoms with E-state index >= 15 is 0 Å². The number of benzene rings is 2. The van der Waals surface area contributed by atoms with Gasteiger partial charge < -0.3 is 23.7 Å². The summed E-state index contributed by atoms with van der Waals surface area (Å²) in [6.45, 7) is 11.8. The van der Waals surface area contributed by atoms with Crippen LogP contribution in [0.25, 0.3) is 0 Å². The Hall–Kier alpha value is -1.80. The third-order valence-corrected chi connectivity index (χ3v) is 12.3. The van der Waals surface area contributed by atoms with Crippen molar-refractivity contribution in [1.82, 2.24) is 0 Å². The van der Waals surface area contributed by atoms with Gasteiger partial charge in [0.05, 0.1) is 24.9 Å². The van der Waals surface area contributed by atoms with E-state index in [2.05, 4.69) is 81.4 Å². The van der Waals surface area contributed by atoms with Gasteiger partial charge in [-0.1, -0.05) is 93.6 Å². The van der Waals surface area contributed by atoms with Crippen LogP contribution in [0.1, 0.15) is 53.9 Å². The molecule has 0 unspecified atom stereocenters. The predicted molar refractivity (Wildman–Crippen MR) is 146 cm³/mol. The molecule has 4 atom stereocenters. The zero-order valence-corrected chi connectivity index (χ0v) is 23.4. The maximum absolute atomic E-state index is 10.8. The molecule has 5 nitrogen and oxygen atoms in total. The minimum atomic E-state index is -2.57. The van der Waals surface area contributed by atoms with Crippen molar-refractivity contribution in [2.24, 2.45) is 0 Å². The van der Waals surface area contributed by atoms with Crippen LogP contribution in [0.2, 0.25) is 5.04 Å². The summed E-state index contributed by atoms with van der Waals surface area (Å²) in [4.78, 5) is 0. The highest BCUT2D eigenvalue weighted by molar-refractivity contribution is 6.99. The van der Waals surface area contributed by atoms with Gasteiger partial charge in [0.25, 0.3) is 8.32 Å². The summed E-state index contributed by atoms with van der Waals surface area (Å²) < 4.78 is 25.3. The van der Waals surface area contributed by atoms with Gasteiger partial charge in [0.1, 0.15) is 6.10 Å². The molecule has 2 aliphatic rings. The molecule has 0 aliphatic carbocycles. The molecule has 2 aliphatic heterocycles. The van der Waals surface area contributed by atoms with Crippen molar-refractivity contribution in [1.29, 1.82) is 0 Å². The van der Waals surface area contributed by atoms with Crippen LogP contribution in [0.4, 0.5) is 0 Å². The molecule has 1 N–H and O–H groups in total. The molecule has 1 saturated heterocycles. The standard InChI is InChI=1S/C30H42O5Si/c1-29(2,3)36(23-14-8-6-9-15-23,24-16-10-7-11-17-24)33-21-13-20-26-25(31)18-12-19-27-28(34-26)22-32-30(4,5)35-27/h6-12,14-18,25-28,31H,13,19-22H2,1-5H3/b18-12-/t25-,26+,27+,28-/m0/s1. The van der Waals surface area contributed by atoms with Crippen LogP contribution >= 0.6 is 0 Å². The molecule has 0 radical (unpaired) electrons. The van der Waals surface area contributed by atoms with Crippen molar-refractivity contribution >= 4 is 18.7 Å². The molecule has 36 heavy (non-hydrogen) atoms. The molecule has 196 valence electrons. The lowest BCUT2D eigenvalue weighted by Crippen LogP contribution is -2.66. The predicted octanol–water partition coefficient (Wildman–Crippen LogP) is 4.57. The molecule has 6 heteroatoms. The summed E-state index contributed by atoms with van der Waals surface area (Å²) in [6.07, 6.45) is 4.78. The van der Waals surface area contributed by atoms with Crippen LogP contribution in [-0.4, -0.2) is 56.8 Å². The van der Waals surface area contributed by atoms with E-state index in [1.54, 1.807) is 0 Å². The molecule has 1 fully saturated rings. The number of fused-ring (bicyclic) bond motifs is 1. The number of aliphatic hydroxyl groups is 1. The third-order valence-electron chi connectivity index (χ3n) is 7.25. The van der Waals surface area contributed by atoms with E-state index in [1.165, 1.54) is 10.4 Å². The largest absolute Gasteiger partial charge is 0.407 e. The average Bonchev–Trinajstić information content (AvgIpc) is 2.83. The van der Waals surface area contributed by atoms with Gasteiger partial charge in [0, 0.05) is 6.61 Å². The molecule has 2 heterocycles.